The average Bonchev–Trinajstić information content (AvgIpc) is 2.91. The Labute approximate surface area is 128 Å². The highest BCUT2D eigenvalue weighted by Crippen LogP contribution is 2.35. The number of hydrogen-bond donors (Lipinski definition) is 1. The van der Waals surface area contributed by atoms with E-state index in [4.69, 9.17) is 0 Å². The first kappa shape index (κ1) is 15.0. The van der Waals surface area contributed by atoms with Crippen LogP contribution in [0, 0.1) is 5.92 Å². The van der Waals surface area contributed by atoms with Gasteiger partial charge in [0.2, 0.25) is 5.91 Å². The van der Waals surface area contributed by atoms with Crippen molar-refractivity contribution in [1.29, 1.82) is 0 Å². The van der Waals surface area contributed by atoms with Crippen LogP contribution in [-0.2, 0) is 11.2 Å². The van der Waals surface area contributed by atoms with Crippen LogP contribution in [0.5, 0.6) is 0 Å². The van der Waals surface area contributed by atoms with Crippen molar-refractivity contribution in [2.45, 2.75) is 44.9 Å². The van der Waals surface area contributed by atoms with Crippen molar-refractivity contribution in [3.63, 3.8) is 0 Å². The molecule has 0 saturated carbocycles. The first-order valence-electron chi connectivity index (χ1n) is 7.16. The summed E-state index contributed by atoms with van der Waals surface area (Å²) in [5, 5.41) is 6.30. The molecule has 0 bridgehead atoms. The average molecular weight is 344 g/mol. The molecule has 2 nitrogen and oxygen atoms in total. The lowest BCUT2D eigenvalue weighted by Crippen LogP contribution is -2.34. The summed E-state index contributed by atoms with van der Waals surface area (Å²) in [5.41, 5.74) is 1.28. The second-order valence-corrected chi connectivity index (χ2v) is 7.03. The van der Waals surface area contributed by atoms with Crippen molar-refractivity contribution in [3.05, 3.63) is 21.9 Å². The van der Waals surface area contributed by atoms with Gasteiger partial charge in [0.25, 0.3) is 0 Å². The fourth-order valence-electron chi connectivity index (χ4n) is 2.73. The van der Waals surface area contributed by atoms with E-state index in [1.54, 1.807) is 11.3 Å². The molecule has 1 aromatic heterocycles. The van der Waals surface area contributed by atoms with Crippen LogP contribution in [0.3, 0.4) is 0 Å². The van der Waals surface area contributed by atoms with Crippen LogP contribution in [0.2, 0.25) is 0 Å². The highest BCUT2D eigenvalue weighted by atomic mass is 79.9. The Kier molecular flexibility index (Phi) is 5.89. The highest BCUT2D eigenvalue weighted by Gasteiger charge is 2.27. The van der Waals surface area contributed by atoms with Crippen LogP contribution in [0.1, 0.15) is 49.0 Å². The van der Waals surface area contributed by atoms with Gasteiger partial charge in [-0.1, -0.05) is 29.3 Å². The number of rotatable bonds is 6. The van der Waals surface area contributed by atoms with Crippen molar-refractivity contribution in [2.24, 2.45) is 5.92 Å². The number of halogens is 1. The summed E-state index contributed by atoms with van der Waals surface area (Å²) in [4.78, 5) is 13.8. The summed E-state index contributed by atoms with van der Waals surface area (Å²) in [6.45, 7) is 3.01. The molecule has 1 aliphatic carbocycles. The zero-order chi connectivity index (χ0) is 13.7. The molecule has 2 unspecified atom stereocenters. The Hall–Kier alpha value is -0.350. The molecule has 4 heteroatoms. The Morgan fingerprint density at radius 3 is 3.21 bits per heavy atom. The molecule has 2 atom stereocenters. The topological polar surface area (TPSA) is 29.1 Å². The maximum absolute atomic E-state index is 12.4. The minimum atomic E-state index is 0.0940. The summed E-state index contributed by atoms with van der Waals surface area (Å²) in [6, 6.07) is 2.14. The second-order valence-electron chi connectivity index (χ2n) is 5.24. The standard InChI is InChI=1S/C15H22BrNOS/c1-2-11(6-8-16)10-17-15(18)13-4-3-5-14-12(13)7-9-19-14/h7,9,11,13H,2-6,8,10H2,1H3,(H,17,18). The first-order valence-corrected chi connectivity index (χ1v) is 9.16. The predicted molar refractivity (Wildman–Crippen MR) is 85.2 cm³/mol. The van der Waals surface area contributed by atoms with Crippen molar-refractivity contribution in [2.75, 3.05) is 11.9 Å². The number of aryl methyl sites for hydroxylation is 1. The number of nitrogens with one attached hydrogen (secondary N) is 1. The van der Waals surface area contributed by atoms with E-state index in [2.05, 4.69) is 39.6 Å². The highest BCUT2D eigenvalue weighted by molar-refractivity contribution is 9.09. The van der Waals surface area contributed by atoms with E-state index >= 15 is 0 Å². The molecule has 0 spiro atoms. The zero-order valence-corrected chi connectivity index (χ0v) is 13.9. The minimum Gasteiger partial charge on any atom is -0.355 e. The number of amides is 1. The van der Waals surface area contributed by atoms with E-state index in [9.17, 15) is 4.79 Å². The summed E-state index contributed by atoms with van der Waals surface area (Å²) < 4.78 is 0. The Bertz CT molecular complexity index is 418. The Morgan fingerprint density at radius 1 is 1.63 bits per heavy atom. The number of thiophene rings is 1. The van der Waals surface area contributed by atoms with Crippen LogP contribution in [-0.4, -0.2) is 17.8 Å². The molecule has 0 fully saturated rings. The molecule has 0 aromatic carbocycles. The number of fused-ring (bicyclic) bond motifs is 1. The van der Waals surface area contributed by atoms with E-state index < -0.39 is 0 Å². The van der Waals surface area contributed by atoms with E-state index in [0.29, 0.717) is 5.92 Å². The van der Waals surface area contributed by atoms with E-state index in [-0.39, 0.29) is 11.8 Å². The van der Waals surface area contributed by atoms with Gasteiger partial charge in [-0.25, -0.2) is 0 Å². The largest absolute Gasteiger partial charge is 0.355 e. The number of carbonyl (C=O) groups excluding carboxylic acids is 1. The van der Waals surface area contributed by atoms with Gasteiger partial charge in [0, 0.05) is 16.8 Å². The SMILES string of the molecule is CCC(CCBr)CNC(=O)C1CCCc2sccc21. The van der Waals surface area contributed by atoms with Crippen LogP contribution in [0.15, 0.2) is 11.4 Å². The van der Waals surface area contributed by atoms with Gasteiger partial charge in [-0.05, 0) is 48.6 Å². The lowest BCUT2D eigenvalue weighted by atomic mass is 9.87. The van der Waals surface area contributed by atoms with Crippen LogP contribution < -0.4 is 5.32 Å². The molecule has 1 aromatic rings. The second kappa shape index (κ2) is 7.44. The molecule has 1 aliphatic rings. The molecular weight excluding hydrogens is 322 g/mol. The zero-order valence-electron chi connectivity index (χ0n) is 11.5. The molecule has 1 heterocycles. The molecule has 0 saturated heterocycles. The van der Waals surface area contributed by atoms with Crippen LogP contribution in [0.25, 0.3) is 0 Å². The maximum Gasteiger partial charge on any atom is 0.227 e. The molecule has 0 aliphatic heterocycles. The van der Waals surface area contributed by atoms with Gasteiger partial charge in [-0.3, -0.25) is 4.79 Å². The first-order chi connectivity index (χ1) is 9.26. The number of carbonyl (C=O) groups is 1. The summed E-state index contributed by atoms with van der Waals surface area (Å²) >= 11 is 5.28. The molecule has 106 valence electrons. The van der Waals surface area contributed by atoms with Crippen molar-refractivity contribution in [3.8, 4) is 0 Å². The molecule has 0 radical (unpaired) electrons. The van der Waals surface area contributed by atoms with E-state index in [0.717, 1.165) is 44.0 Å². The minimum absolute atomic E-state index is 0.0940. The van der Waals surface area contributed by atoms with Crippen molar-refractivity contribution in [1.82, 2.24) is 5.32 Å². The van der Waals surface area contributed by atoms with Gasteiger partial charge in [-0.15, -0.1) is 11.3 Å². The quantitative estimate of drug-likeness (QED) is 0.774. The Balaban J connectivity index is 1.91. The van der Waals surface area contributed by atoms with Crippen LogP contribution >= 0.6 is 27.3 Å². The van der Waals surface area contributed by atoms with E-state index in [1.165, 1.54) is 10.4 Å². The normalized spacial score (nSPS) is 19.8. The summed E-state index contributed by atoms with van der Waals surface area (Å²) in [6.07, 6.45) is 5.55. The van der Waals surface area contributed by atoms with Crippen LogP contribution in [0.4, 0.5) is 0 Å². The van der Waals surface area contributed by atoms with Gasteiger partial charge in [0.1, 0.15) is 0 Å². The molecule has 1 N–H and O–H groups in total. The molecule has 1 amide bonds. The summed E-state index contributed by atoms with van der Waals surface area (Å²) in [5.74, 6) is 0.915. The number of hydrogen-bond acceptors (Lipinski definition) is 2. The lowest BCUT2D eigenvalue weighted by Gasteiger charge is -2.23. The van der Waals surface area contributed by atoms with Gasteiger partial charge in [-0.2, -0.15) is 0 Å². The fourth-order valence-corrected chi connectivity index (χ4v) is 4.37. The van der Waals surface area contributed by atoms with Crippen molar-refractivity contribution < 1.29 is 4.79 Å². The predicted octanol–water partition coefficient (Wildman–Crippen LogP) is 4.10. The Morgan fingerprint density at radius 2 is 2.47 bits per heavy atom. The van der Waals surface area contributed by atoms with Gasteiger partial charge >= 0.3 is 0 Å². The molecule has 19 heavy (non-hydrogen) atoms. The smallest absolute Gasteiger partial charge is 0.227 e. The monoisotopic (exact) mass is 343 g/mol. The fraction of sp³-hybridized carbons (Fsp3) is 0.667. The maximum atomic E-state index is 12.4. The number of alkyl halides is 1. The van der Waals surface area contributed by atoms with E-state index in [1.807, 2.05) is 0 Å². The van der Waals surface area contributed by atoms with Gasteiger partial charge in [0.05, 0.1) is 5.92 Å². The summed E-state index contributed by atoms with van der Waals surface area (Å²) in [7, 11) is 0. The van der Waals surface area contributed by atoms with Gasteiger partial charge in [0.15, 0.2) is 0 Å². The van der Waals surface area contributed by atoms with Crippen molar-refractivity contribution >= 4 is 33.2 Å². The molecular formula is C15H22BrNOS. The lowest BCUT2D eigenvalue weighted by molar-refractivity contribution is -0.123. The molecule has 2 rings (SSSR count). The van der Waals surface area contributed by atoms with Gasteiger partial charge < -0.3 is 5.32 Å². The third-order valence-corrected chi connectivity index (χ3v) is 5.48. The third kappa shape index (κ3) is 3.82. The third-order valence-electron chi connectivity index (χ3n) is 4.03.